The maximum Gasteiger partial charge on any atom is 0.329 e. The average molecular weight is 324 g/mol. The average Bonchev–Trinajstić information content (AvgIpc) is 2.48. The molecule has 0 saturated carbocycles. The molecule has 0 aromatic heterocycles. The molecule has 118 valence electrons. The zero-order valence-electron chi connectivity index (χ0n) is 12.0. The third kappa shape index (κ3) is 3.22. The predicted molar refractivity (Wildman–Crippen MR) is 82.2 cm³/mol. The van der Waals surface area contributed by atoms with Gasteiger partial charge in [-0.1, -0.05) is 6.07 Å². The Morgan fingerprint density at radius 2 is 2.00 bits per heavy atom. The normalized spacial score (nSPS) is 16.8. The van der Waals surface area contributed by atoms with Gasteiger partial charge in [0.1, 0.15) is 5.54 Å². The van der Waals surface area contributed by atoms with Crippen molar-refractivity contribution >= 4 is 29.3 Å². The van der Waals surface area contributed by atoms with E-state index in [4.69, 9.17) is 0 Å². The molecule has 0 radical (unpaired) electrons. The Morgan fingerprint density at radius 3 is 2.55 bits per heavy atom. The number of carboxylic acid groups (broad SMARTS) is 1. The number of rotatable bonds is 4. The summed E-state index contributed by atoms with van der Waals surface area (Å²) in [5.41, 5.74) is -0.791. The van der Waals surface area contributed by atoms with Crippen LogP contribution >= 0.6 is 11.8 Å². The van der Waals surface area contributed by atoms with Crippen LogP contribution in [0.2, 0.25) is 0 Å². The Hall–Kier alpha value is -2.09. The highest BCUT2D eigenvalue weighted by atomic mass is 32.2. The zero-order chi connectivity index (χ0) is 16.3. The van der Waals surface area contributed by atoms with Gasteiger partial charge in [0, 0.05) is 17.7 Å². The number of nitro benzene ring substituents is 1. The highest BCUT2D eigenvalue weighted by Gasteiger charge is 2.41. The summed E-state index contributed by atoms with van der Waals surface area (Å²) in [6.45, 7) is 1.66. The number of aryl methyl sites for hydroxylation is 1. The second kappa shape index (κ2) is 6.35. The van der Waals surface area contributed by atoms with Gasteiger partial charge in [-0.15, -0.1) is 0 Å². The van der Waals surface area contributed by atoms with Crippen molar-refractivity contribution in [3.05, 3.63) is 39.4 Å². The molecule has 0 atom stereocenters. The van der Waals surface area contributed by atoms with E-state index < -0.39 is 22.3 Å². The standard InChI is InChI=1S/C14H16N2O5S/c1-9-2-3-10(16(20)21)8-11(9)12(17)15-14(13(18)19)4-6-22-7-5-14/h2-3,8H,4-7H2,1H3,(H,15,17)(H,18,19). The van der Waals surface area contributed by atoms with E-state index in [1.54, 1.807) is 18.7 Å². The van der Waals surface area contributed by atoms with Gasteiger partial charge in [-0.05, 0) is 36.8 Å². The molecule has 2 rings (SSSR count). The van der Waals surface area contributed by atoms with E-state index in [0.29, 0.717) is 29.9 Å². The van der Waals surface area contributed by atoms with Crippen molar-refractivity contribution in [2.75, 3.05) is 11.5 Å². The first kappa shape index (κ1) is 16.3. The third-order valence-electron chi connectivity index (χ3n) is 3.79. The van der Waals surface area contributed by atoms with Gasteiger partial charge in [0.25, 0.3) is 11.6 Å². The number of non-ortho nitro benzene ring substituents is 1. The van der Waals surface area contributed by atoms with Crippen molar-refractivity contribution in [1.82, 2.24) is 5.32 Å². The molecule has 0 bridgehead atoms. The fourth-order valence-corrected chi connectivity index (χ4v) is 3.55. The lowest BCUT2D eigenvalue weighted by Gasteiger charge is -2.33. The van der Waals surface area contributed by atoms with E-state index in [9.17, 15) is 24.8 Å². The molecule has 1 fully saturated rings. The van der Waals surface area contributed by atoms with Crippen LogP contribution in [0.3, 0.4) is 0 Å². The summed E-state index contributed by atoms with van der Waals surface area (Å²) < 4.78 is 0. The summed E-state index contributed by atoms with van der Waals surface area (Å²) in [5.74, 6) is -0.346. The van der Waals surface area contributed by atoms with Crippen LogP contribution in [0, 0.1) is 17.0 Å². The van der Waals surface area contributed by atoms with Crippen LogP contribution < -0.4 is 5.32 Å². The summed E-state index contributed by atoms with van der Waals surface area (Å²) in [4.78, 5) is 34.2. The van der Waals surface area contributed by atoms with Crippen LogP contribution in [0.15, 0.2) is 18.2 Å². The lowest BCUT2D eigenvalue weighted by molar-refractivity contribution is -0.384. The van der Waals surface area contributed by atoms with E-state index >= 15 is 0 Å². The maximum absolute atomic E-state index is 12.4. The Labute approximate surface area is 131 Å². The van der Waals surface area contributed by atoms with Crippen molar-refractivity contribution in [2.45, 2.75) is 25.3 Å². The van der Waals surface area contributed by atoms with Gasteiger partial charge < -0.3 is 10.4 Å². The van der Waals surface area contributed by atoms with Crippen molar-refractivity contribution in [3.63, 3.8) is 0 Å². The number of carbonyl (C=O) groups excluding carboxylic acids is 1. The van der Waals surface area contributed by atoms with E-state index in [1.807, 2.05) is 0 Å². The minimum Gasteiger partial charge on any atom is -0.480 e. The second-order valence-electron chi connectivity index (χ2n) is 5.21. The van der Waals surface area contributed by atoms with E-state index in [1.165, 1.54) is 18.2 Å². The molecular weight excluding hydrogens is 308 g/mol. The molecule has 1 aromatic carbocycles. The molecule has 8 heteroatoms. The number of nitro groups is 1. The molecule has 0 unspecified atom stereocenters. The Bertz CT molecular complexity index is 626. The van der Waals surface area contributed by atoms with Gasteiger partial charge in [0.15, 0.2) is 0 Å². The largest absolute Gasteiger partial charge is 0.480 e. The minimum atomic E-state index is -1.29. The number of carboxylic acids is 1. The molecule has 1 amide bonds. The van der Waals surface area contributed by atoms with Crippen molar-refractivity contribution in [1.29, 1.82) is 0 Å². The molecular formula is C14H16N2O5S. The van der Waals surface area contributed by atoms with Crippen LogP contribution in [0.5, 0.6) is 0 Å². The van der Waals surface area contributed by atoms with Crippen molar-refractivity contribution < 1.29 is 19.6 Å². The Morgan fingerprint density at radius 1 is 1.36 bits per heavy atom. The monoisotopic (exact) mass is 324 g/mol. The van der Waals surface area contributed by atoms with Gasteiger partial charge in [-0.25, -0.2) is 4.79 Å². The van der Waals surface area contributed by atoms with Crippen LogP contribution in [-0.4, -0.2) is 39.0 Å². The number of nitrogens with one attached hydrogen (secondary N) is 1. The first-order valence-corrected chi connectivity index (χ1v) is 7.90. The number of nitrogens with zero attached hydrogens (tertiary/aromatic N) is 1. The van der Waals surface area contributed by atoms with E-state index in [-0.39, 0.29) is 11.3 Å². The summed E-state index contributed by atoms with van der Waals surface area (Å²) >= 11 is 1.64. The number of aliphatic carboxylic acids is 1. The minimum absolute atomic E-state index is 0.132. The summed E-state index contributed by atoms with van der Waals surface area (Å²) in [6, 6.07) is 3.98. The van der Waals surface area contributed by atoms with Crippen LogP contribution in [0.25, 0.3) is 0 Å². The Balaban J connectivity index is 2.29. The fourth-order valence-electron chi connectivity index (χ4n) is 2.37. The lowest BCUT2D eigenvalue weighted by Crippen LogP contribution is -2.56. The topological polar surface area (TPSA) is 110 Å². The quantitative estimate of drug-likeness (QED) is 0.647. The summed E-state index contributed by atoms with van der Waals surface area (Å²) in [6.07, 6.45) is 0.680. The molecule has 22 heavy (non-hydrogen) atoms. The molecule has 2 N–H and O–H groups in total. The van der Waals surface area contributed by atoms with Crippen LogP contribution in [0.1, 0.15) is 28.8 Å². The van der Waals surface area contributed by atoms with E-state index in [2.05, 4.69) is 5.32 Å². The first-order chi connectivity index (χ1) is 10.4. The molecule has 1 aromatic rings. The maximum atomic E-state index is 12.4. The van der Waals surface area contributed by atoms with Gasteiger partial charge in [-0.2, -0.15) is 11.8 Å². The number of hydrogen-bond donors (Lipinski definition) is 2. The number of benzene rings is 1. The Kier molecular flexibility index (Phi) is 4.70. The predicted octanol–water partition coefficient (Wildman–Crippen LogP) is 1.98. The third-order valence-corrected chi connectivity index (χ3v) is 4.77. The molecule has 0 spiro atoms. The van der Waals surface area contributed by atoms with Gasteiger partial charge in [0.2, 0.25) is 0 Å². The SMILES string of the molecule is Cc1ccc([N+](=O)[O-])cc1C(=O)NC1(C(=O)O)CCSCC1. The number of hydrogen-bond acceptors (Lipinski definition) is 5. The fraction of sp³-hybridized carbons (Fsp3) is 0.429. The van der Waals surface area contributed by atoms with Crippen molar-refractivity contribution in [3.8, 4) is 0 Å². The van der Waals surface area contributed by atoms with Gasteiger partial charge in [0.05, 0.1) is 4.92 Å². The van der Waals surface area contributed by atoms with Crippen molar-refractivity contribution in [2.24, 2.45) is 0 Å². The number of carbonyl (C=O) groups is 2. The van der Waals surface area contributed by atoms with Crippen LogP contribution in [0.4, 0.5) is 5.69 Å². The highest BCUT2D eigenvalue weighted by molar-refractivity contribution is 7.99. The second-order valence-corrected chi connectivity index (χ2v) is 6.43. The van der Waals surface area contributed by atoms with Crippen LogP contribution in [-0.2, 0) is 4.79 Å². The highest BCUT2D eigenvalue weighted by Crippen LogP contribution is 2.28. The van der Waals surface area contributed by atoms with Gasteiger partial charge >= 0.3 is 5.97 Å². The molecule has 1 heterocycles. The summed E-state index contributed by atoms with van der Waals surface area (Å²) in [5, 5.41) is 22.9. The smallest absolute Gasteiger partial charge is 0.329 e. The summed E-state index contributed by atoms with van der Waals surface area (Å²) in [7, 11) is 0. The lowest BCUT2D eigenvalue weighted by atomic mass is 9.91. The molecule has 0 aliphatic carbocycles. The first-order valence-electron chi connectivity index (χ1n) is 6.74. The number of thioether (sulfide) groups is 1. The van der Waals surface area contributed by atoms with Gasteiger partial charge in [-0.3, -0.25) is 14.9 Å². The molecule has 1 aliphatic rings. The number of amides is 1. The molecule has 1 saturated heterocycles. The zero-order valence-corrected chi connectivity index (χ0v) is 12.8. The molecule has 1 aliphatic heterocycles. The van der Waals surface area contributed by atoms with E-state index in [0.717, 1.165) is 0 Å². The molecule has 7 nitrogen and oxygen atoms in total.